The Morgan fingerprint density at radius 3 is 0.985 bits per heavy atom. The molecule has 0 aromatic carbocycles. The second-order valence-electron chi connectivity index (χ2n) is 20.0. The Labute approximate surface area is 409 Å². The third-order valence-electron chi connectivity index (χ3n) is 13.3. The van der Waals surface area contributed by atoms with Crippen LogP contribution in [0.1, 0.15) is 316 Å². The van der Waals surface area contributed by atoms with Gasteiger partial charge in [-0.15, -0.1) is 0 Å². The van der Waals surface area contributed by atoms with Gasteiger partial charge in [-0.25, -0.2) is 4.57 Å². The van der Waals surface area contributed by atoms with E-state index in [1.54, 1.807) is 0 Å². The van der Waals surface area contributed by atoms with Gasteiger partial charge in [0.15, 0.2) is 0 Å². The number of unbranched alkanes of at least 4 members (excludes halogenated alkanes) is 43. The van der Waals surface area contributed by atoms with Crippen LogP contribution in [0, 0.1) is 0 Å². The normalized spacial score (nSPS) is 13.0. The first-order chi connectivity index (χ1) is 32.3. The van der Waals surface area contributed by atoms with Crippen molar-refractivity contribution in [3.05, 3.63) is 0 Å². The summed E-state index contributed by atoms with van der Waals surface area (Å²) in [6.45, 7) is 3.65. The first kappa shape index (κ1) is 65.0. The quantitative estimate of drug-likeness (QED) is 0.0312. The van der Waals surface area contributed by atoms with Crippen molar-refractivity contribution in [2.45, 2.75) is 322 Å². The van der Waals surface area contributed by atoms with Crippen molar-refractivity contribution < 1.29 is 37.9 Å². The van der Waals surface area contributed by atoms with E-state index in [9.17, 15) is 24.2 Å². The zero-order valence-corrected chi connectivity index (χ0v) is 44.8. The molecule has 0 aromatic heterocycles. The fourth-order valence-corrected chi connectivity index (χ4v) is 9.67. The number of carbonyl (C=O) groups is 2. The Balaban J connectivity index is 3.47. The fraction of sp³-hybridized carbons (Fsp3) is 0.964. The molecule has 0 saturated carbocycles. The molecule has 0 radical (unpaired) electrons. The van der Waals surface area contributed by atoms with Crippen molar-refractivity contribution in [2.75, 3.05) is 26.4 Å². The van der Waals surface area contributed by atoms with E-state index in [0.29, 0.717) is 12.8 Å². The minimum Gasteiger partial charge on any atom is -0.463 e. The molecule has 0 spiro atoms. The average molecular weight is 958 g/mol. The van der Waals surface area contributed by atoms with E-state index in [2.05, 4.69) is 19.2 Å². The molecule has 0 fully saturated rings. The number of ether oxygens (including phenoxy) is 1. The number of carbonyl (C=O) groups excluding carboxylic acids is 2. The van der Waals surface area contributed by atoms with E-state index in [1.165, 1.54) is 250 Å². The van der Waals surface area contributed by atoms with Gasteiger partial charge in [0.25, 0.3) is 0 Å². The largest absolute Gasteiger partial charge is 0.472 e. The van der Waals surface area contributed by atoms with E-state index < -0.39 is 26.5 Å². The minimum absolute atomic E-state index is 0.0891. The molecule has 9 nitrogen and oxygen atoms in total. The number of esters is 1. The molecule has 0 bridgehead atoms. The predicted molar refractivity (Wildman–Crippen MR) is 280 cm³/mol. The summed E-state index contributed by atoms with van der Waals surface area (Å²) in [5.41, 5.74) is 0. The number of hydrogen-bond donors (Lipinski definition) is 3. The number of hydrogen-bond acceptors (Lipinski definition) is 7. The molecule has 394 valence electrons. The first-order valence-electron chi connectivity index (χ1n) is 29.0. The topological polar surface area (TPSA) is 131 Å². The van der Waals surface area contributed by atoms with E-state index >= 15 is 0 Å². The second-order valence-corrected chi connectivity index (χ2v) is 21.4. The molecule has 0 saturated heterocycles. The van der Waals surface area contributed by atoms with Crippen molar-refractivity contribution >= 4 is 19.7 Å². The Hall–Kier alpha value is -0.990. The molecule has 0 rings (SSSR count). The molecule has 0 aliphatic heterocycles. The van der Waals surface area contributed by atoms with Crippen LogP contribution < -0.4 is 5.32 Å². The summed E-state index contributed by atoms with van der Waals surface area (Å²) in [5.74, 6) is -0.494. The molecule has 66 heavy (non-hydrogen) atoms. The van der Waals surface area contributed by atoms with Gasteiger partial charge in [0.2, 0.25) is 5.91 Å². The van der Waals surface area contributed by atoms with Crippen LogP contribution in [0.4, 0.5) is 0 Å². The van der Waals surface area contributed by atoms with Crippen LogP contribution in [0.5, 0.6) is 0 Å². The van der Waals surface area contributed by atoms with Gasteiger partial charge in [-0.3, -0.25) is 18.6 Å². The Morgan fingerprint density at radius 2 is 0.682 bits per heavy atom. The molecule has 1 amide bonds. The summed E-state index contributed by atoms with van der Waals surface area (Å²) in [5, 5.41) is 12.8. The molecule has 0 heterocycles. The molecular weight excluding hydrogens is 846 g/mol. The van der Waals surface area contributed by atoms with Gasteiger partial charge >= 0.3 is 13.8 Å². The van der Waals surface area contributed by atoms with Gasteiger partial charge in [0, 0.05) is 19.4 Å². The number of aliphatic hydroxyl groups is 1. The van der Waals surface area contributed by atoms with E-state index in [1.807, 2.05) is 0 Å². The van der Waals surface area contributed by atoms with E-state index in [-0.39, 0.29) is 25.7 Å². The number of phosphoric acid groups is 1. The van der Waals surface area contributed by atoms with Gasteiger partial charge in [-0.2, -0.15) is 0 Å². The first-order valence-corrected chi connectivity index (χ1v) is 30.5. The monoisotopic (exact) mass is 958 g/mol. The summed E-state index contributed by atoms with van der Waals surface area (Å²) in [4.78, 5) is 34.2. The lowest BCUT2D eigenvalue weighted by Gasteiger charge is -2.15. The molecule has 2 unspecified atom stereocenters. The van der Waals surface area contributed by atoms with Crippen LogP contribution in [-0.2, 0) is 27.9 Å². The number of nitrogens with one attached hydrogen (secondary N) is 1. The van der Waals surface area contributed by atoms with Gasteiger partial charge in [0.1, 0.15) is 12.7 Å². The lowest BCUT2D eigenvalue weighted by Crippen LogP contribution is -2.27. The Bertz CT molecular complexity index is 1050. The standard InChI is InChI=1S/C56H112NO8P/c1-3-5-7-9-11-13-15-17-19-21-23-25-27-28-30-32-34-36-38-40-42-44-46-48-55(59)57-50-51-64-66(61,62)65-53-54(58)52-63-56(60)49-47-45-43-41-39-37-35-33-31-29-26-24-22-20-18-16-14-12-10-8-6-4-2/h54,58H,3-53H2,1-2H3,(H,57,59)(H,61,62). The fourth-order valence-electron chi connectivity index (χ4n) is 8.92. The molecule has 0 aromatic rings. The Morgan fingerprint density at radius 1 is 0.409 bits per heavy atom. The van der Waals surface area contributed by atoms with Gasteiger partial charge in [0.05, 0.1) is 13.2 Å². The summed E-state index contributed by atoms with van der Waals surface area (Å²) >= 11 is 0. The van der Waals surface area contributed by atoms with E-state index in [0.717, 1.165) is 38.5 Å². The second kappa shape index (κ2) is 53.4. The lowest BCUT2D eigenvalue weighted by atomic mass is 10.0. The number of amides is 1. The van der Waals surface area contributed by atoms with Gasteiger partial charge in [-0.05, 0) is 12.8 Å². The third-order valence-corrected chi connectivity index (χ3v) is 14.3. The highest BCUT2D eigenvalue weighted by molar-refractivity contribution is 7.47. The zero-order valence-electron chi connectivity index (χ0n) is 43.9. The third kappa shape index (κ3) is 54.0. The van der Waals surface area contributed by atoms with Crippen LogP contribution in [0.3, 0.4) is 0 Å². The number of aliphatic hydroxyl groups excluding tert-OH is 1. The van der Waals surface area contributed by atoms with Crippen molar-refractivity contribution in [3.8, 4) is 0 Å². The van der Waals surface area contributed by atoms with Gasteiger partial charge in [-0.1, -0.05) is 290 Å². The van der Waals surface area contributed by atoms with Crippen molar-refractivity contribution in [2.24, 2.45) is 0 Å². The number of rotatable bonds is 56. The maximum Gasteiger partial charge on any atom is 0.472 e. The highest BCUT2D eigenvalue weighted by Gasteiger charge is 2.23. The summed E-state index contributed by atoms with van der Waals surface area (Å²) < 4.78 is 27.1. The zero-order chi connectivity index (χ0) is 48.1. The predicted octanol–water partition coefficient (Wildman–Crippen LogP) is 17.5. The van der Waals surface area contributed by atoms with Crippen molar-refractivity contribution in [1.29, 1.82) is 0 Å². The molecule has 0 aliphatic rings. The van der Waals surface area contributed by atoms with Crippen LogP contribution in [0.2, 0.25) is 0 Å². The lowest BCUT2D eigenvalue weighted by molar-refractivity contribution is -0.147. The molecule has 3 N–H and O–H groups in total. The van der Waals surface area contributed by atoms with E-state index in [4.69, 9.17) is 13.8 Å². The molecular formula is C56H112NO8P. The minimum atomic E-state index is -4.42. The molecule has 10 heteroatoms. The summed E-state index contributed by atoms with van der Waals surface area (Å²) in [6, 6.07) is 0. The highest BCUT2D eigenvalue weighted by Crippen LogP contribution is 2.43. The Kier molecular flexibility index (Phi) is 52.6. The summed E-state index contributed by atoms with van der Waals surface area (Å²) in [6.07, 6.45) is 59.2. The molecule has 2 atom stereocenters. The summed E-state index contributed by atoms with van der Waals surface area (Å²) in [7, 11) is -4.42. The van der Waals surface area contributed by atoms with Crippen LogP contribution in [-0.4, -0.2) is 54.3 Å². The smallest absolute Gasteiger partial charge is 0.463 e. The number of phosphoric ester groups is 1. The van der Waals surface area contributed by atoms with Crippen LogP contribution in [0.15, 0.2) is 0 Å². The van der Waals surface area contributed by atoms with Crippen LogP contribution in [0.25, 0.3) is 0 Å². The van der Waals surface area contributed by atoms with Crippen molar-refractivity contribution in [1.82, 2.24) is 5.32 Å². The average Bonchev–Trinajstić information content (AvgIpc) is 3.31. The SMILES string of the molecule is CCCCCCCCCCCCCCCCCCCCCCCCCC(=O)NCCOP(=O)(O)OCC(O)COC(=O)CCCCCCCCCCCCCCCCCCCCCCCC. The van der Waals surface area contributed by atoms with Crippen molar-refractivity contribution in [3.63, 3.8) is 0 Å². The van der Waals surface area contributed by atoms with Crippen LogP contribution >= 0.6 is 7.82 Å². The maximum atomic E-state index is 12.2. The highest BCUT2D eigenvalue weighted by atomic mass is 31.2. The maximum absolute atomic E-state index is 12.2. The molecule has 0 aliphatic carbocycles. The van der Waals surface area contributed by atoms with Gasteiger partial charge < -0.3 is 20.1 Å².